The van der Waals surface area contributed by atoms with Gasteiger partial charge in [0, 0.05) is 5.56 Å². The predicted octanol–water partition coefficient (Wildman–Crippen LogP) is 7.82. The van der Waals surface area contributed by atoms with E-state index in [0.29, 0.717) is 11.8 Å². The first-order chi connectivity index (χ1) is 14.9. The largest absolute Gasteiger partial charge is 0.206 e. The van der Waals surface area contributed by atoms with Crippen LogP contribution in [-0.4, -0.2) is 0 Å². The molecule has 3 rings (SSSR count). The van der Waals surface area contributed by atoms with E-state index in [9.17, 15) is 17.6 Å². The number of benzene rings is 2. The molecule has 1 unspecified atom stereocenters. The molecule has 0 spiro atoms. The number of rotatable bonds is 6. The van der Waals surface area contributed by atoms with E-state index in [1.54, 1.807) is 6.07 Å². The molecule has 0 aliphatic heterocycles. The molecule has 0 heterocycles. The normalized spacial score (nSPS) is 19.5. The maximum atomic E-state index is 14.5. The van der Waals surface area contributed by atoms with Crippen molar-refractivity contribution >= 4 is 0 Å². The SMILES string of the molecule is CCCCC1CCC(C(C)Cc2ccc(C#Cc3cc(F)c(F)c(F)c3)c(F)c2)CC1. The molecule has 0 nitrogen and oxygen atoms in total. The number of hydrogen-bond donors (Lipinski definition) is 0. The number of hydrogen-bond acceptors (Lipinski definition) is 0. The van der Waals surface area contributed by atoms with Crippen molar-refractivity contribution in [2.45, 2.75) is 65.2 Å². The second kappa shape index (κ2) is 10.8. The van der Waals surface area contributed by atoms with E-state index >= 15 is 0 Å². The molecule has 31 heavy (non-hydrogen) atoms. The molecule has 1 aliphatic rings. The number of unbranched alkanes of at least 4 members (excludes halogenated alkanes) is 1. The Morgan fingerprint density at radius 3 is 2.19 bits per heavy atom. The van der Waals surface area contributed by atoms with Crippen molar-refractivity contribution < 1.29 is 17.6 Å². The Bertz CT molecular complexity index is 922. The van der Waals surface area contributed by atoms with Crippen LogP contribution in [0, 0.1) is 52.9 Å². The maximum absolute atomic E-state index is 14.5. The van der Waals surface area contributed by atoms with Crippen molar-refractivity contribution in [2.75, 3.05) is 0 Å². The van der Waals surface area contributed by atoms with Gasteiger partial charge < -0.3 is 0 Å². The van der Waals surface area contributed by atoms with Crippen molar-refractivity contribution in [2.24, 2.45) is 17.8 Å². The summed E-state index contributed by atoms with van der Waals surface area (Å²) in [6, 6.07) is 6.57. The van der Waals surface area contributed by atoms with Crippen molar-refractivity contribution in [1.82, 2.24) is 0 Å². The van der Waals surface area contributed by atoms with E-state index in [2.05, 4.69) is 25.7 Å². The summed E-state index contributed by atoms with van der Waals surface area (Å²) >= 11 is 0. The first kappa shape index (κ1) is 23.4. The third-order valence-electron chi connectivity index (χ3n) is 6.58. The minimum atomic E-state index is -1.54. The van der Waals surface area contributed by atoms with Crippen molar-refractivity contribution in [3.05, 3.63) is 70.3 Å². The lowest BCUT2D eigenvalue weighted by molar-refractivity contribution is 0.204. The highest BCUT2D eigenvalue weighted by Gasteiger charge is 2.25. The summed E-state index contributed by atoms with van der Waals surface area (Å²) < 4.78 is 54.1. The summed E-state index contributed by atoms with van der Waals surface area (Å²) in [5, 5.41) is 0. The van der Waals surface area contributed by atoms with Crippen molar-refractivity contribution in [3.63, 3.8) is 0 Å². The fourth-order valence-corrected chi connectivity index (χ4v) is 4.63. The van der Waals surface area contributed by atoms with Crippen LogP contribution in [0.4, 0.5) is 17.6 Å². The highest BCUT2D eigenvalue weighted by Crippen LogP contribution is 2.36. The van der Waals surface area contributed by atoms with Gasteiger partial charge in [-0.3, -0.25) is 0 Å². The van der Waals surface area contributed by atoms with E-state index < -0.39 is 23.3 Å². The summed E-state index contributed by atoms with van der Waals surface area (Å²) in [6.07, 6.45) is 9.89. The Balaban J connectivity index is 1.60. The minimum Gasteiger partial charge on any atom is -0.206 e. The van der Waals surface area contributed by atoms with Gasteiger partial charge in [0.05, 0.1) is 5.56 Å². The fraction of sp³-hybridized carbons (Fsp3) is 0.481. The third-order valence-corrected chi connectivity index (χ3v) is 6.58. The molecule has 2 aromatic rings. The molecule has 1 fully saturated rings. The Morgan fingerprint density at radius 1 is 0.903 bits per heavy atom. The van der Waals surface area contributed by atoms with Gasteiger partial charge in [-0.05, 0) is 66.8 Å². The van der Waals surface area contributed by atoms with Crippen LogP contribution in [0.5, 0.6) is 0 Å². The molecule has 1 saturated carbocycles. The van der Waals surface area contributed by atoms with Crippen LogP contribution in [0.15, 0.2) is 30.3 Å². The van der Waals surface area contributed by atoms with E-state index in [1.165, 1.54) is 51.0 Å². The van der Waals surface area contributed by atoms with Crippen LogP contribution in [0.2, 0.25) is 0 Å². The Morgan fingerprint density at radius 2 is 1.58 bits per heavy atom. The van der Waals surface area contributed by atoms with Gasteiger partial charge in [-0.2, -0.15) is 0 Å². The molecule has 0 bridgehead atoms. The van der Waals surface area contributed by atoms with E-state index in [0.717, 1.165) is 30.0 Å². The lowest BCUT2D eigenvalue weighted by atomic mass is 9.73. The summed E-state index contributed by atoms with van der Waals surface area (Å²) in [6.45, 7) is 4.49. The summed E-state index contributed by atoms with van der Waals surface area (Å²) in [4.78, 5) is 0. The smallest absolute Gasteiger partial charge is 0.194 e. The van der Waals surface area contributed by atoms with Gasteiger partial charge in [0.25, 0.3) is 0 Å². The fourth-order valence-electron chi connectivity index (χ4n) is 4.63. The number of halogens is 4. The minimum absolute atomic E-state index is 0.0389. The van der Waals surface area contributed by atoms with Crippen LogP contribution < -0.4 is 0 Å². The molecule has 0 N–H and O–H groups in total. The lowest BCUT2D eigenvalue weighted by Crippen LogP contribution is -2.21. The molecule has 1 atom stereocenters. The van der Waals surface area contributed by atoms with E-state index in [4.69, 9.17) is 0 Å². The molecule has 1 aliphatic carbocycles. The second-order valence-electron chi connectivity index (χ2n) is 8.92. The topological polar surface area (TPSA) is 0 Å². The highest BCUT2D eigenvalue weighted by atomic mass is 19.2. The zero-order valence-corrected chi connectivity index (χ0v) is 18.3. The van der Waals surface area contributed by atoms with Crippen molar-refractivity contribution in [3.8, 4) is 11.8 Å². The van der Waals surface area contributed by atoms with Crippen LogP contribution in [-0.2, 0) is 6.42 Å². The summed E-state index contributed by atoms with van der Waals surface area (Å²) in [7, 11) is 0. The summed E-state index contributed by atoms with van der Waals surface area (Å²) in [5.41, 5.74) is 1.04. The van der Waals surface area contributed by atoms with Gasteiger partial charge in [0.1, 0.15) is 5.82 Å². The molecular formula is C27H30F4. The first-order valence-electron chi connectivity index (χ1n) is 11.3. The Labute approximate surface area is 183 Å². The molecule has 0 amide bonds. The maximum Gasteiger partial charge on any atom is 0.194 e. The van der Waals surface area contributed by atoms with Gasteiger partial charge in [0.2, 0.25) is 0 Å². The molecule has 4 heteroatoms. The van der Waals surface area contributed by atoms with Gasteiger partial charge in [0.15, 0.2) is 17.5 Å². The molecule has 0 radical (unpaired) electrons. The van der Waals surface area contributed by atoms with Crippen LogP contribution in [0.3, 0.4) is 0 Å². The molecular weight excluding hydrogens is 400 g/mol. The highest BCUT2D eigenvalue weighted by molar-refractivity contribution is 5.44. The monoisotopic (exact) mass is 430 g/mol. The quantitative estimate of drug-likeness (QED) is 0.249. The lowest BCUT2D eigenvalue weighted by Gasteiger charge is -2.32. The predicted molar refractivity (Wildman–Crippen MR) is 117 cm³/mol. The Kier molecular flexibility index (Phi) is 8.18. The van der Waals surface area contributed by atoms with E-state index in [-0.39, 0.29) is 11.1 Å². The molecule has 0 saturated heterocycles. The van der Waals surface area contributed by atoms with Gasteiger partial charge in [-0.25, -0.2) is 17.6 Å². The zero-order chi connectivity index (χ0) is 22.4. The van der Waals surface area contributed by atoms with Gasteiger partial charge >= 0.3 is 0 Å². The first-order valence-corrected chi connectivity index (χ1v) is 11.3. The second-order valence-corrected chi connectivity index (χ2v) is 8.92. The van der Waals surface area contributed by atoms with E-state index in [1.807, 2.05) is 6.07 Å². The molecule has 166 valence electrons. The van der Waals surface area contributed by atoms with Crippen molar-refractivity contribution in [1.29, 1.82) is 0 Å². The average Bonchev–Trinajstić information content (AvgIpc) is 2.75. The van der Waals surface area contributed by atoms with Crippen LogP contribution in [0.1, 0.15) is 75.5 Å². The van der Waals surface area contributed by atoms with Crippen LogP contribution >= 0.6 is 0 Å². The van der Waals surface area contributed by atoms with Gasteiger partial charge in [-0.1, -0.05) is 63.9 Å². The van der Waals surface area contributed by atoms with Gasteiger partial charge in [-0.15, -0.1) is 0 Å². The molecule has 2 aromatic carbocycles. The average molecular weight is 431 g/mol. The Hall–Kier alpha value is -2.28. The van der Waals surface area contributed by atoms with Crippen LogP contribution in [0.25, 0.3) is 0 Å². The molecule has 0 aromatic heterocycles. The third kappa shape index (κ3) is 6.35. The standard InChI is InChI=1S/C27H30F4/c1-3-4-5-19-6-10-22(11-7-19)18(2)14-20-8-12-23(24(28)15-20)13-9-21-16-25(29)27(31)26(30)17-21/h8,12,15-19,22H,3-7,10-11,14H2,1-2H3. The summed E-state index contributed by atoms with van der Waals surface area (Å²) in [5.74, 6) is 2.53. The zero-order valence-electron chi connectivity index (χ0n) is 18.3.